The molecule has 0 aliphatic carbocycles. The van der Waals surface area contributed by atoms with E-state index in [1.54, 1.807) is 11.8 Å². The van der Waals surface area contributed by atoms with Crippen molar-refractivity contribution in [1.82, 2.24) is 5.32 Å². The first-order valence-electron chi connectivity index (χ1n) is 6.14. The van der Waals surface area contributed by atoms with Gasteiger partial charge in [0.1, 0.15) is 5.25 Å². The van der Waals surface area contributed by atoms with Gasteiger partial charge in [0.25, 0.3) is 0 Å². The van der Waals surface area contributed by atoms with E-state index in [0.717, 1.165) is 17.2 Å². The van der Waals surface area contributed by atoms with Crippen LogP contribution in [0.25, 0.3) is 5.57 Å². The maximum atomic E-state index is 11.9. The Labute approximate surface area is 116 Å². The molecule has 2 heterocycles. The van der Waals surface area contributed by atoms with Gasteiger partial charge in [0.05, 0.1) is 12.3 Å². The zero-order chi connectivity index (χ0) is 13.2. The molecule has 2 aliphatic rings. The summed E-state index contributed by atoms with van der Waals surface area (Å²) in [6.07, 6.45) is 2.04. The van der Waals surface area contributed by atoms with Crippen LogP contribution in [-0.4, -0.2) is 29.2 Å². The van der Waals surface area contributed by atoms with Gasteiger partial charge in [-0.1, -0.05) is 36.9 Å². The van der Waals surface area contributed by atoms with Gasteiger partial charge in [-0.05, 0) is 17.2 Å². The van der Waals surface area contributed by atoms with Crippen LogP contribution in [-0.2, 0) is 4.79 Å². The Bertz CT molecular complexity index is 589. The Morgan fingerprint density at radius 3 is 2.84 bits per heavy atom. The minimum Gasteiger partial charge on any atom is -0.328 e. The first-order chi connectivity index (χ1) is 9.24. The number of rotatable bonds is 2. The number of thioether (sulfide) groups is 1. The normalized spacial score (nSPS) is 22.8. The summed E-state index contributed by atoms with van der Waals surface area (Å²) in [6, 6.07) is 10.2. The number of carbonyl (C=O) groups excluding carboxylic acids is 1. The maximum Gasteiger partial charge on any atom is 0.243 e. The van der Waals surface area contributed by atoms with Crippen molar-refractivity contribution in [2.24, 2.45) is 4.99 Å². The minimum atomic E-state index is -0.202. The van der Waals surface area contributed by atoms with Gasteiger partial charge in [-0.15, -0.1) is 11.8 Å². The summed E-state index contributed by atoms with van der Waals surface area (Å²) in [5, 5.41) is 2.59. The van der Waals surface area contributed by atoms with E-state index in [1.165, 1.54) is 11.1 Å². The lowest BCUT2D eigenvalue weighted by atomic mass is 10.1. The summed E-state index contributed by atoms with van der Waals surface area (Å²) in [5.74, 6) is 0.745. The predicted octanol–water partition coefficient (Wildman–Crippen LogP) is 2.27. The Hall–Kier alpha value is -1.81. The number of aliphatic imine (C=N–C) groups is 1. The Morgan fingerprint density at radius 2 is 2.11 bits per heavy atom. The van der Waals surface area contributed by atoms with Gasteiger partial charge in [-0.3, -0.25) is 9.79 Å². The van der Waals surface area contributed by atoms with Crippen molar-refractivity contribution >= 4 is 29.0 Å². The summed E-state index contributed by atoms with van der Waals surface area (Å²) in [7, 11) is 0. The average molecular weight is 270 g/mol. The third-order valence-corrected chi connectivity index (χ3v) is 4.43. The fourth-order valence-electron chi connectivity index (χ4n) is 2.19. The fraction of sp³-hybridized carbons (Fsp3) is 0.200. The van der Waals surface area contributed by atoms with Crippen LogP contribution < -0.4 is 5.32 Å². The van der Waals surface area contributed by atoms with Gasteiger partial charge >= 0.3 is 0 Å². The van der Waals surface area contributed by atoms with E-state index in [4.69, 9.17) is 0 Å². The fourth-order valence-corrected chi connectivity index (χ4v) is 3.15. The van der Waals surface area contributed by atoms with E-state index in [1.807, 2.05) is 24.3 Å². The minimum absolute atomic E-state index is 0.00874. The molecule has 0 saturated carbocycles. The largest absolute Gasteiger partial charge is 0.328 e. The lowest BCUT2D eigenvalue weighted by molar-refractivity contribution is -0.118. The van der Waals surface area contributed by atoms with Crippen molar-refractivity contribution in [1.29, 1.82) is 0 Å². The van der Waals surface area contributed by atoms with Gasteiger partial charge in [-0.25, -0.2) is 0 Å². The van der Waals surface area contributed by atoms with Crippen molar-refractivity contribution in [2.45, 2.75) is 5.25 Å². The van der Waals surface area contributed by atoms with E-state index in [0.29, 0.717) is 6.54 Å². The standard InChI is InChI=1S/C15H14N2OS/c1-10-9-19-14(15(18)17-10)13-7-12(8-16-13)11-5-3-2-4-6-11/h2-7,14H,1,8-9H2,(H,17,18). The smallest absolute Gasteiger partial charge is 0.243 e. The molecule has 3 rings (SSSR count). The number of allylic oxidation sites excluding steroid dienone is 1. The average Bonchev–Trinajstić information content (AvgIpc) is 2.89. The molecule has 0 bridgehead atoms. The molecule has 1 amide bonds. The highest BCUT2D eigenvalue weighted by molar-refractivity contribution is 8.01. The van der Waals surface area contributed by atoms with Crippen LogP contribution >= 0.6 is 11.8 Å². The molecular weight excluding hydrogens is 256 g/mol. The van der Waals surface area contributed by atoms with Crippen molar-refractivity contribution in [3.63, 3.8) is 0 Å². The molecule has 1 atom stereocenters. The Kier molecular flexibility index (Phi) is 3.25. The lowest BCUT2D eigenvalue weighted by Crippen LogP contribution is -2.41. The van der Waals surface area contributed by atoms with Crippen LogP contribution in [0.4, 0.5) is 0 Å². The van der Waals surface area contributed by atoms with E-state index >= 15 is 0 Å². The Morgan fingerprint density at radius 1 is 1.32 bits per heavy atom. The van der Waals surface area contributed by atoms with Crippen molar-refractivity contribution < 1.29 is 4.79 Å². The van der Waals surface area contributed by atoms with Crippen molar-refractivity contribution in [3.05, 3.63) is 54.2 Å². The molecule has 96 valence electrons. The highest BCUT2D eigenvalue weighted by Crippen LogP contribution is 2.26. The maximum absolute atomic E-state index is 11.9. The third kappa shape index (κ3) is 2.49. The van der Waals surface area contributed by atoms with Gasteiger partial charge < -0.3 is 5.32 Å². The second kappa shape index (κ2) is 5.05. The van der Waals surface area contributed by atoms with Gasteiger partial charge in [0, 0.05) is 11.4 Å². The van der Waals surface area contributed by atoms with Crippen LogP contribution in [0.1, 0.15) is 5.56 Å². The van der Waals surface area contributed by atoms with Crippen LogP contribution in [0.15, 0.2) is 53.7 Å². The molecule has 1 aromatic rings. The second-order valence-corrected chi connectivity index (χ2v) is 5.65. The number of hydrogen-bond donors (Lipinski definition) is 1. The zero-order valence-corrected chi connectivity index (χ0v) is 11.2. The SMILES string of the molecule is C=C1CSC(C2=NCC(c3ccccc3)=C2)C(=O)N1. The Balaban J connectivity index is 1.79. The summed E-state index contributed by atoms with van der Waals surface area (Å²) in [5.41, 5.74) is 3.99. The van der Waals surface area contributed by atoms with Gasteiger partial charge in [0.2, 0.25) is 5.91 Å². The predicted molar refractivity (Wildman–Crippen MR) is 80.2 cm³/mol. The van der Waals surface area contributed by atoms with Gasteiger partial charge in [-0.2, -0.15) is 0 Å². The molecule has 1 saturated heterocycles. The molecule has 3 nitrogen and oxygen atoms in total. The molecule has 1 fully saturated rings. The van der Waals surface area contributed by atoms with E-state index in [9.17, 15) is 4.79 Å². The summed E-state index contributed by atoms with van der Waals surface area (Å²) >= 11 is 1.59. The summed E-state index contributed by atoms with van der Waals surface area (Å²) < 4.78 is 0. The monoisotopic (exact) mass is 270 g/mol. The van der Waals surface area contributed by atoms with E-state index < -0.39 is 0 Å². The van der Waals surface area contributed by atoms with Crippen molar-refractivity contribution in [2.75, 3.05) is 12.3 Å². The number of hydrogen-bond acceptors (Lipinski definition) is 3. The lowest BCUT2D eigenvalue weighted by Gasteiger charge is -2.22. The van der Waals surface area contributed by atoms with Crippen LogP contribution in [0.2, 0.25) is 0 Å². The van der Waals surface area contributed by atoms with E-state index in [-0.39, 0.29) is 11.2 Å². The number of nitrogens with zero attached hydrogens (tertiary/aromatic N) is 1. The molecule has 2 aliphatic heterocycles. The molecule has 1 unspecified atom stereocenters. The van der Waals surface area contributed by atoms with E-state index in [2.05, 4.69) is 29.0 Å². The van der Waals surface area contributed by atoms with Crippen molar-refractivity contribution in [3.8, 4) is 0 Å². The first kappa shape index (κ1) is 12.2. The second-order valence-electron chi connectivity index (χ2n) is 4.56. The highest BCUT2D eigenvalue weighted by Gasteiger charge is 2.30. The molecule has 1 aromatic carbocycles. The molecule has 0 spiro atoms. The molecule has 0 radical (unpaired) electrons. The molecular formula is C15H14N2OS. The quantitative estimate of drug-likeness (QED) is 0.895. The summed E-state index contributed by atoms with van der Waals surface area (Å²) in [6.45, 7) is 4.44. The number of amides is 1. The number of nitrogens with one attached hydrogen (secondary N) is 1. The topological polar surface area (TPSA) is 41.5 Å². The third-order valence-electron chi connectivity index (χ3n) is 3.13. The van der Waals surface area contributed by atoms with Gasteiger partial charge in [0.15, 0.2) is 0 Å². The molecule has 19 heavy (non-hydrogen) atoms. The molecule has 1 N–H and O–H groups in total. The van der Waals surface area contributed by atoms with Crippen LogP contribution in [0, 0.1) is 0 Å². The molecule has 4 heteroatoms. The first-order valence-corrected chi connectivity index (χ1v) is 7.19. The zero-order valence-electron chi connectivity index (χ0n) is 10.4. The number of carbonyl (C=O) groups is 1. The van der Waals surface area contributed by atoms with Crippen LogP contribution in [0.3, 0.4) is 0 Å². The number of benzene rings is 1. The van der Waals surface area contributed by atoms with Crippen LogP contribution in [0.5, 0.6) is 0 Å². The molecule has 0 aromatic heterocycles. The highest BCUT2D eigenvalue weighted by atomic mass is 32.2. The summed E-state index contributed by atoms with van der Waals surface area (Å²) in [4.78, 5) is 16.4.